The van der Waals surface area contributed by atoms with Gasteiger partial charge in [-0.15, -0.1) is 0 Å². The summed E-state index contributed by atoms with van der Waals surface area (Å²) in [6.07, 6.45) is -4.84. The molecule has 7 nitrogen and oxygen atoms in total. The fraction of sp³-hybridized carbons (Fsp3) is 0.457. The van der Waals surface area contributed by atoms with Gasteiger partial charge in [-0.1, -0.05) is 31.5 Å². The maximum Gasteiger partial charge on any atom is 0.416 e. The van der Waals surface area contributed by atoms with Gasteiger partial charge in [0, 0.05) is 29.9 Å². The maximum absolute atomic E-state index is 16.4. The third-order valence-electron chi connectivity index (χ3n) is 8.04. The Morgan fingerprint density at radius 3 is 2.06 bits per heavy atom. The number of carboxylic acid groups (broad SMARTS) is 1. The van der Waals surface area contributed by atoms with E-state index in [1.807, 2.05) is 19.1 Å². The summed E-state index contributed by atoms with van der Waals surface area (Å²) in [6.45, 7) is 10.5. The van der Waals surface area contributed by atoms with Gasteiger partial charge in [0.25, 0.3) is 5.56 Å². The molecular weight excluding hydrogens is 621 g/mol. The maximum atomic E-state index is 16.4. The summed E-state index contributed by atoms with van der Waals surface area (Å²) in [5, 5.41) is 12.2. The highest BCUT2D eigenvalue weighted by molar-refractivity contribution is 5.82. The van der Waals surface area contributed by atoms with Gasteiger partial charge in [-0.3, -0.25) is 14.4 Å². The minimum Gasteiger partial charge on any atom is -0.481 e. The topological polar surface area (TPSA) is 91.6 Å². The predicted molar refractivity (Wildman–Crippen MR) is 170 cm³/mol. The van der Waals surface area contributed by atoms with Gasteiger partial charge in [0.05, 0.1) is 18.0 Å². The quantitative estimate of drug-likeness (QED) is 0.202. The van der Waals surface area contributed by atoms with Gasteiger partial charge < -0.3 is 19.9 Å². The SMILES string of the molecule is Cc1cc(C)c(-c2cc(C)c(F)c([C@H](CC(=O)O)NC(=O)C(CC(C)C)n3cc(CCN(C)C)c(C(F)(F)F)cc3=O)c2F)c(C)c1. The zero-order valence-electron chi connectivity index (χ0n) is 27.9. The smallest absolute Gasteiger partial charge is 0.416 e. The Morgan fingerprint density at radius 1 is 0.957 bits per heavy atom. The molecule has 2 atom stereocenters. The highest BCUT2D eigenvalue weighted by atomic mass is 19.4. The first-order chi connectivity index (χ1) is 21.7. The van der Waals surface area contributed by atoms with Crippen molar-refractivity contribution in [1.29, 1.82) is 0 Å². The lowest BCUT2D eigenvalue weighted by Gasteiger charge is -2.27. The number of aliphatic carboxylic acids is 1. The van der Waals surface area contributed by atoms with Crippen LogP contribution in [0.1, 0.15) is 77.7 Å². The van der Waals surface area contributed by atoms with Gasteiger partial charge in [0.15, 0.2) is 0 Å². The summed E-state index contributed by atoms with van der Waals surface area (Å²) in [5.74, 6) is -4.77. The second-order valence-corrected chi connectivity index (χ2v) is 12.9. The number of halogens is 5. The van der Waals surface area contributed by atoms with Crippen molar-refractivity contribution in [2.45, 2.75) is 79.1 Å². The van der Waals surface area contributed by atoms with E-state index in [0.717, 1.165) is 16.3 Å². The number of carboxylic acids is 1. The summed E-state index contributed by atoms with van der Waals surface area (Å²) in [5.41, 5.74) is -0.195. The van der Waals surface area contributed by atoms with Crippen LogP contribution in [0.25, 0.3) is 11.1 Å². The molecule has 1 unspecified atom stereocenters. The van der Waals surface area contributed by atoms with E-state index < -0.39 is 64.9 Å². The van der Waals surface area contributed by atoms with Gasteiger partial charge in [-0.2, -0.15) is 13.2 Å². The molecule has 0 saturated carbocycles. The van der Waals surface area contributed by atoms with E-state index in [9.17, 15) is 32.7 Å². The van der Waals surface area contributed by atoms with E-state index in [4.69, 9.17) is 0 Å². The van der Waals surface area contributed by atoms with Crippen molar-refractivity contribution in [2.75, 3.05) is 20.6 Å². The van der Waals surface area contributed by atoms with Gasteiger partial charge in [0.2, 0.25) is 5.91 Å². The molecule has 1 aromatic heterocycles. The summed E-state index contributed by atoms with van der Waals surface area (Å²) in [6, 6.07) is 2.33. The number of hydrogen-bond donors (Lipinski definition) is 2. The third-order valence-corrected chi connectivity index (χ3v) is 8.04. The van der Waals surface area contributed by atoms with Crippen molar-refractivity contribution >= 4 is 11.9 Å². The molecule has 0 aliphatic heterocycles. The Labute approximate surface area is 271 Å². The minimum atomic E-state index is -4.83. The largest absolute Gasteiger partial charge is 0.481 e. The zero-order chi connectivity index (χ0) is 35.5. The first-order valence-corrected chi connectivity index (χ1v) is 15.3. The number of benzene rings is 2. The molecule has 3 rings (SSSR count). The summed E-state index contributed by atoms with van der Waals surface area (Å²) in [4.78, 5) is 40.7. The first-order valence-electron chi connectivity index (χ1n) is 15.3. The normalized spacial score (nSPS) is 13.3. The number of carbonyl (C=O) groups is 2. The standard InChI is InChI=1S/C35H42F5N3O4/c1-18(2)11-27(43-17-23(9-10-42(7)8)25(15-28(43)44)35(38,39)40)34(47)41-26(16-29(45)46)31-32(36)22(6)14-24(33(31)37)30-20(4)12-19(3)13-21(30)5/h12-15,17-18,26-27H,9-11,16H2,1-8H3,(H,41,47)(H,45,46)/t26-,27?/m0/s1. The van der Waals surface area contributed by atoms with E-state index in [0.29, 0.717) is 22.8 Å². The molecule has 0 spiro atoms. The van der Waals surface area contributed by atoms with E-state index in [1.54, 1.807) is 46.7 Å². The number of carbonyl (C=O) groups excluding carboxylic acids is 1. The Bertz CT molecular complexity index is 1690. The Balaban J connectivity index is 2.20. The van der Waals surface area contributed by atoms with Crippen molar-refractivity contribution < 1.29 is 36.6 Å². The van der Waals surface area contributed by atoms with Crippen LogP contribution in [-0.4, -0.2) is 47.1 Å². The number of rotatable bonds is 12. The number of nitrogens with zero attached hydrogens (tertiary/aromatic N) is 2. The van der Waals surface area contributed by atoms with Gasteiger partial charge in [-0.25, -0.2) is 8.78 Å². The second kappa shape index (κ2) is 14.8. The van der Waals surface area contributed by atoms with Crippen LogP contribution >= 0.6 is 0 Å². The minimum absolute atomic E-state index is 0.0173. The lowest BCUT2D eigenvalue weighted by molar-refractivity contribution is -0.139. The highest BCUT2D eigenvalue weighted by Gasteiger charge is 2.36. The molecule has 0 aliphatic carbocycles. The number of amides is 1. The van der Waals surface area contributed by atoms with E-state index >= 15 is 8.78 Å². The molecule has 2 N–H and O–H groups in total. The second-order valence-electron chi connectivity index (χ2n) is 12.9. The molecule has 1 amide bonds. The van der Waals surface area contributed by atoms with Crippen LogP contribution < -0.4 is 10.9 Å². The molecule has 47 heavy (non-hydrogen) atoms. The van der Waals surface area contributed by atoms with Crippen LogP contribution in [-0.2, 0) is 22.2 Å². The molecular formula is C35H42F5N3O4. The summed E-state index contributed by atoms with van der Waals surface area (Å²) >= 11 is 0. The Kier molecular flexibility index (Phi) is 11.8. The highest BCUT2D eigenvalue weighted by Crippen LogP contribution is 2.37. The van der Waals surface area contributed by atoms with Crippen LogP contribution in [0.4, 0.5) is 22.0 Å². The van der Waals surface area contributed by atoms with Crippen LogP contribution in [0.5, 0.6) is 0 Å². The predicted octanol–water partition coefficient (Wildman–Crippen LogP) is 7.07. The van der Waals surface area contributed by atoms with Gasteiger partial charge in [0.1, 0.15) is 17.7 Å². The molecule has 1 heterocycles. The van der Waals surface area contributed by atoms with E-state index in [2.05, 4.69) is 5.32 Å². The number of aromatic nitrogens is 1. The Morgan fingerprint density at radius 2 is 1.55 bits per heavy atom. The molecule has 0 saturated heterocycles. The van der Waals surface area contributed by atoms with E-state index in [-0.39, 0.29) is 42.0 Å². The summed E-state index contributed by atoms with van der Waals surface area (Å²) < 4.78 is 74.8. The van der Waals surface area contributed by atoms with Gasteiger partial charge >= 0.3 is 12.1 Å². The zero-order valence-corrected chi connectivity index (χ0v) is 27.9. The molecule has 2 aromatic carbocycles. The first kappa shape index (κ1) is 37.4. The van der Waals surface area contributed by atoms with E-state index in [1.165, 1.54) is 13.0 Å². The molecule has 0 aliphatic rings. The monoisotopic (exact) mass is 663 g/mol. The molecule has 12 heteroatoms. The number of likely N-dealkylation sites (N-methyl/N-ethyl adjacent to an activating group) is 1. The van der Waals surface area contributed by atoms with Crippen LogP contribution in [0.15, 0.2) is 35.3 Å². The van der Waals surface area contributed by atoms with Crippen molar-refractivity contribution in [3.05, 3.63) is 91.4 Å². The average Bonchev–Trinajstić information content (AvgIpc) is 2.92. The number of hydrogen-bond acceptors (Lipinski definition) is 4. The van der Waals surface area contributed by atoms with Crippen LogP contribution in [0.2, 0.25) is 0 Å². The number of aryl methyl sites for hydroxylation is 4. The number of nitrogens with one attached hydrogen (secondary N) is 1. The fourth-order valence-corrected chi connectivity index (χ4v) is 5.99. The van der Waals surface area contributed by atoms with Crippen molar-refractivity contribution in [3.8, 4) is 11.1 Å². The van der Waals surface area contributed by atoms with Gasteiger partial charge in [-0.05, 0) is 94.4 Å². The van der Waals surface area contributed by atoms with Crippen LogP contribution in [0, 0.1) is 45.2 Å². The van der Waals surface area contributed by atoms with Crippen molar-refractivity contribution in [1.82, 2.24) is 14.8 Å². The Hall–Kier alpha value is -4.06. The molecule has 0 bridgehead atoms. The van der Waals surface area contributed by atoms with Crippen molar-refractivity contribution in [2.24, 2.45) is 5.92 Å². The van der Waals surface area contributed by atoms with Crippen LogP contribution in [0.3, 0.4) is 0 Å². The lowest BCUT2D eigenvalue weighted by atomic mass is 9.88. The number of pyridine rings is 1. The molecule has 0 radical (unpaired) electrons. The van der Waals surface area contributed by atoms with Crippen molar-refractivity contribution in [3.63, 3.8) is 0 Å². The molecule has 3 aromatic rings. The third kappa shape index (κ3) is 8.85. The fourth-order valence-electron chi connectivity index (χ4n) is 5.99. The average molecular weight is 664 g/mol. The lowest BCUT2D eigenvalue weighted by Crippen LogP contribution is -2.41. The molecule has 256 valence electrons. The molecule has 0 fully saturated rings. The number of alkyl halides is 3. The summed E-state index contributed by atoms with van der Waals surface area (Å²) in [7, 11) is 3.36.